The first kappa shape index (κ1) is 26.4. The lowest BCUT2D eigenvalue weighted by Gasteiger charge is -2.11. The van der Waals surface area contributed by atoms with Crippen LogP contribution in [0, 0.1) is 0 Å². The Hall–Kier alpha value is -3.83. The van der Waals surface area contributed by atoms with Crippen LogP contribution in [0.5, 0.6) is 11.5 Å². The summed E-state index contributed by atoms with van der Waals surface area (Å²) in [5.41, 5.74) is 5.43. The van der Waals surface area contributed by atoms with Crippen LogP contribution in [0.3, 0.4) is 0 Å². The molecule has 0 aliphatic heterocycles. The van der Waals surface area contributed by atoms with Crippen LogP contribution in [0.2, 0.25) is 0 Å². The highest BCUT2D eigenvalue weighted by atomic mass is 16.7. The Morgan fingerprint density at radius 1 is 0.912 bits per heavy atom. The molecule has 34 heavy (non-hydrogen) atoms. The summed E-state index contributed by atoms with van der Waals surface area (Å²) in [5.74, 6) is -0.983. The van der Waals surface area contributed by atoms with Crippen LogP contribution in [-0.4, -0.2) is 60.3 Å². The van der Waals surface area contributed by atoms with Crippen molar-refractivity contribution in [2.75, 3.05) is 33.2 Å². The number of hydrogen-bond acceptors (Lipinski definition) is 11. The third-order valence-corrected chi connectivity index (χ3v) is 4.66. The zero-order valence-electron chi connectivity index (χ0n) is 19.8. The fraction of sp³-hybridized carbons (Fsp3) is 0.500. The Bertz CT molecular complexity index is 1010. The Labute approximate surface area is 197 Å². The van der Waals surface area contributed by atoms with Crippen LogP contribution >= 0.6 is 0 Å². The van der Waals surface area contributed by atoms with Gasteiger partial charge in [-0.3, -0.25) is 4.79 Å². The lowest BCUT2D eigenvalue weighted by Crippen LogP contribution is -2.14. The summed E-state index contributed by atoms with van der Waals surface area (Å²) in [6, 6.07) is 2.79. The molecule has 0 saturated carbocycles. The molecule has 0 radical (unpaired) electrons. The van der Waals surface area contributed by atoms with Gasteiger partial charge in [-0.2, -0.15) is 0 Å². The average Bonchev–Trinajstić information content (AvgIpc) is 3.26. The van der Waals surface area contributed by atoms with E-state index in [9.17, 15) is 14.4 Å². The zero-order valence-corrected chi connectivity index (χ0v) is 19.8. The summed E-state index contributed by atoms with van der Waals surface area (Å²) < 4.78 is 25.3. The molecular formula is C22H30N4O8. The molecule has 0 amide bonds. The number of benzene rings is 1. The van der Waals surface area contributed by atoms with Gasteiger partial charge in [-0.1, -0.05) is 26.2 Å². The number of nitrogens with zero attached hydrogens (tertiary/aromatic N) is 3. The van der Waals surface area contributed by atoms with Gasteiger partial charge in [-0.15, -0.1) is 15.0 Å². The molecule has 2 aromatic rings. The predicted octanol–water partition coefficient (Wildman–Crippen LogP) is 2.98. The van der Waals surface area contributed by atoms with E-state index >= 15 is 0 Å². The number of methoxy groups -OCH3 is 2. The lowest BCUT2D eigenvalue weighted by atomic mass is 10.0. The van der Waals surface area contributed by atoms with Crippen molar-refractivity contribution in [3.8, 4) is 11.5 Å². The summed E-state index contributed by atoms with van der Waals surface area (Å²) in [6.45, 7) is 3.49. The molecule has 12 heteroatoms. The van der Waals surface area contributed by atoms with Crippen molar-refractivity contribution >= 4 is 23.6 Å². The van der Waals surface area contributed by atoms with Crippen molar-refractivity contribution < 1.29 is 38.1 Å². The second-order valence-electron chi connectivity index (χ2n) is 7.05. The number of ketones is 1. The molecular weight excluding hydrogens is 448 g/mol. The molecule has 0 bridgehead atoms. The minimum Gasteiger partial charge on any atom is -0.493 e. The number of carbonyl (C=O) groups is 3. The summed E-state index contributed by atoms with van der Waals surface area (Å²) in [7, 11) is 2.84. The van der Waals surface area contributed by atoms with Gasteiger partial charge in [0.1, 0.15) is 0 Å². The molecule has 0 spiro atoms. The van der Waals surface area contributed by atoms with Gasteiger partial charge >= 0.3 is 12.1 Å². The molecule has 0 saturated heterocycles. The van der Waals surface area contributed by atoms with E-state index in [2.05, 4.69) is 17.1 Å². The summed E-state index contributed by atoms with van der Waals surface area (Å²) >= 11 is 0. The smallest absolute Gasteiger partial charge is 0.493 e. The van der Waals surface area contributed by atoms with E-state index in [1.807, 2.05) is 0 Å². The van der Waals surface area contributed by atoms with Crippen molar-refractivity contribution in [1.82, 2.24) is 15.0 Å². The van der Waals surface area contributed by atoms with Crippen LogP contribution < -0.4 is 15.2 Å². The number of unbranched alkanes of at least 4 members (excludes halogenated alkanes) is 3. The fourth-order valence-corrected chi connectivity index (χ4v) is 2.95. The van der Waals surface area contributed by atoms with E-state index in [4.69, 9.17) is 29.4 Å². The maximum atomic E-state index is 13.2. The van der Waals surface area contributed by atoms with Gasteiger partial charge in [0, 0.05) is 11.8 Å². The molecule has 0 aliphatic rings. The van der Waals surface area contributed by atoms with Crippen molar-refractivity contribution in [2.45, 2.75) is 46.3 Å². The summed E-state index contributed by atoms with van der Waals surface area (Å²) in [5, 5.41) is 7.97. The molecule has 2 rings (SSSR count). The number of nitrogens with two attached hydrogens (primary N) is 1. The van der Waals surface area contributed by atoms with Gasteiger partial charge < -0.3 is 29.4 Å². The number of rotatable bonds is 13. The topological polar surface area (TPSA) is 154 Å². The van der Waals surface area contributed by atoms with Gasteiger partial charge in [0.25, 0.3) is 0 Å². The number of anilines is 1. The van der Waals surface area contributed by atoms with Crippen LogP contribution in [0.1, 0.15) is 66.1 Å². The molecule has 0 aliphatic carbocycles. The zero-order chi connectivity index (χ0) is 25.1. The first-order chi connectivity index (χ1) is 16.4. The lowest BCUT2D eigenvalue weighted by molar-refractivity contribution is 0.0253. The number of hydrogen-bond donors (Lipinski definition) is 1. The molecule has 186 valence electrons. The van der Waals surface area contributed by atoms with Crippen molar-refractivity contribution in [3.05, 3.63) is 29.1 Å². The normalized spacial score (nSPS) is 10.5. The van der Waals surface area contributed by atoms with E-state index in [-0.39, 0.29) is 41.6 Å². The molecule has 1 aromatic carbocycles. The van der Waals surface area contributed by atoms with Crippen molar-refractivity contribution in [3.63, 3.8) is 0 Å². The number of esters is 1. The Morgan fingerprint density at radius 3 is 2.24 bits per heavy atom. The number of ether oxygens (including phenoxy) is 5. The average molecular weight is 479 g/mol. The molecule has 2 N–H and O–H groups in total. The molecule has 0 fully saturated rings. The Balaban J connectivity index is 2.23. The van der Waals surface area contributed by atoms with E-state index in [1.165, 1.54) is 26.4 Å². The van der Waals surface area contributed by atoms with E-state index in [1.54, 1.807) is 6.92 Å². The van der Waals surface area contributed by atoms with Crippen molar-refractivity contribution in [2.24, 2.45) is 0 Å². The summed E-state index contributed by atoms with van der Waals surface area (Å²) in [6.07, 6.45) is 2.87. The van der Waals surface area contributed by atoms with Gasteiger partial charge in [0.15, 0.2) is 17.2 Å². The standard InChI is InChI=1S/C22H30N4O8/c1-5-7-8-9-10-33-22(29)34-13-26-24-18(19(25-26)21(28)32-6-2)20(27)14-11-16(30-3)17(31-4)12-15(14)23/h11-12H,5-10,13,23H2,1-4H3. The third-order valence-electron chi connectivity index (χ3n) is 4.66. The number of carbonyl (C=O) groups excluding carboxylic acids is 3. The van der Waals surface area contributed by atoms with Crippen molar-refractivity contribution in [1.29, 1.82) is 0 Å². The second kappa shape index (κ2) is 13.0. The molecule has 1 heterocycles. The molecule has 0 atom stereocenters. The van der Waals surface area contributed by atoms with E-state index < -0.39 is 24.6 Å². The Kier molecular flexibility index (Phi) is 10.1. The number of nitrogen functional groups attached to an aromatic ring is 1. The highest BCUT2D eigenvalue weighted by molar-refractivity contribution is 6.15. The van der Waals surface area contributed by atoms with Gasteiger partial charge in [0.05, 0.1) is 33.0 Å². The summed E-state index contributed by atoms with van der Waals surface area (Å²) in [4.78, 5) is 38.3. The molecule has 0 unspecified atom stereocenters. The van der Waals surface area contributed by atoms with Gasteiger partial charge in [-0.05, 0) is 19.4 Å². The predicted molar refractivity (Wildman–Crippen MR) is 120 cm³/mol. The van der Waals surface area contributed by atoms with E-state index in [0.717, 1.165) is 30.5 Å². The van der Waals surface area contributed by atoms with Crippen LogP contribution in [-0.2, 0) is 20.9 Å². The fourth-order valence-electron chi connectivity index (χ4n) is 2.95. The minimum absolute atomic E-state index is 0.0163. The monoisotopic (exact) mass is 478 g/mol. The molecule has 1 aromatic heterocycles. The first-order valence-corrected chi connectivity index (χ1v) is 10.8. The van der Waals surface area contributed by atoms with Crippen LogP contribution in [0.25, 0.3) is 0 Å². The largest absolute Gasteiger partial charge is 0.510 e. The second-order valence-corrected chi connectivity index (χ2v) is 7.05. The highest BCUT2D eigenvalue weighted by Gasteiger charge is 2.28. The van der Waals surface area contributed by atoms with Crippen LogP contribution in [0.4, 0.5) is 10.5 Å². The maximum Gasteiger partial charge on any atom is 0.510 e. The van der Waals surface area contributed by atoms with Gasteiger partial charge in [-0.25, -0.2) is 9.59 Å². The quantitative estimate of drug-likeness (QED) is 0.195. The number of aromatic nitrogens is 3. The Morgan fingerprint density at radius 2 is 1.59 bits per heavy atom. The maximum absolute atomic E-state index is 13.2. The van der Waals surface area contributed by atoms with E-state index in [0.29, 0.717) is 5.75 Å². The highest BCUT2D eigenvalue weighted by Crippen LogP contribution is 2.33. The third kappa shape index (κ3) is 6.83. The SMILES string of the molecule is CCCCCCOC(=O)OCn1nc(C(=O)OCC)c(C(=O)c2cc(OC)c(OC)cc2N)n1. The van der Waals surface area contributed by atoms with Gasteiger partial charge in [0.2, 0.25) is 18.2 Å². The molecule has 12 nitrogen and oxygen atoms in total. The minimum atomic E-state index is -0.913. The van der Waals surface area contributed by atoms with Crippen LogP contribution in [0.15, 0.2) is 12.1 Å². The first-order valence-electron chi connectivity index (χ1n) is 10.8.